The fourth-order valence-electron chi connectivity index (χ4n) is 2.94. The lowest BCUT2D eigenvalue weighted by atomic mass is 10.1. The highest BCUT2D eigenvalue weighted by atomic mass is 16.3. The Kier molecular flexibility index (Phi) is 4.24. The molecule has 21 heavy (non-hydrogen) atoms. The first kappa shape index (κ1) is 14.1. The van der Waals surface area contributed by atoms with Gasteiger partial charge in [0.05, 0.1) is 18.0 Å². The number of pyridine rings is 1. The summed E-state index contributed by atoms with van der Waals surface area (Å²) in [5.41, 5.74) is 0.697. The lowest BCUT2D eigenvalue weighted by molar-refractivity contribution is 0.0883. The van der Waals surface area contributed by atoms with Gasteiger partial charge in [-0.1, -0.05) is 0 Å². The zero-order valence-corrected chi connectivity index (χ0v) is 12.2. The molecule has 0 spiro atoms. The van der Waals surface area contributed by atoms with Gasteiger partial charge in [0, 0.05) is 26.2 Å². The molecule has 1 aromatic heterocycles. The van der Waals surface area contributed by atoms with Gasteiger partial charge in [-0.3, -0.25) is 0 Å². The van der Waals surface area contributed by atoms with E-state index in [0.29, 0.717) is 18.8 Å². The van der Waals surface area contributed by atoms with Crippen LogP contribution in [0.5, 0.6) is 0 Å². The van der Waals surface area contributed by atoms with Crippen LogP contribution in [0.1, 0.15) is 25.7 Å². The molecular formula is C15H22N4O2. The molecule has 2 aliphatic heterocycles. The van der Waals surface area contributed by atoms with Crippen LogP contribution in [-0.4, -0.2) is 53.3 Å². The van der Waals surface area contributed by atoms with E-state index in [-0.39, 0.29) is 6.03 Å². The summed E-state index contributed by atoms with van der Waals surface area (Å²) in [5.74, 6) is 0.971. The molecule has 0 aromatic carbocycles. The fourth-order valence-corrected chi connectivity index (χ4v) is 2.94. The van der Waals surface area contributed by atoms with Crippen LogP contribution in [0.4, 0.5) is 16.3 Å². The Morgan fingerprint density at radius 2 is 2.05 bits per heavy atom. The molecule has 1 aromatic rings. The quantitative estimate of drug-likeness (QED) is 0.869. The molecule has 6 nitrogen and oxygen atoms in total. The standard InChI is InChI=1S/C15H22N4O2/c20-13-4-3-9-19(11-13)15(21)17-12-5-6-14(16-10-12)18-7-1-2-8-18/h5-6,10,13,20H,1-4,7-9,11H2,(H,17,21). The van der Waals surface area contributed by atoms with E-state index in [0.717, 1.165) is 31.7 Å². The highest BCUT2D eigenvalue weighted by Gasteiger charge is 2.22. The van der Waals surface area contributed by atoms with Gasteiger partial charge in [0.25, 0.3) is 0 Å². The Balaban J connectivity index is 1.58. The van der Waals surface area contributed by atoms with E-state index in [9.17, 15) is 9.90 Å². The topological polar surface area (TPSA) is 68.7 Å². The number of nitrogens with one attached hydrogen (secondary N) is 1. The van der Waals surface area contributed by atoms with Crippen molar-refractivity contribution in [3.05, 3.63) is 18.3 Å². The number of hydrogen-bond donors (Lipinski definition) is 2. The molecule has 0 saturated carbocycles. The van der Waals surface area contributed by atoms with Crippen LogP contribution in [-0.2, 0) is 0 Å². The first-order valence-corrected chi connectivity index (χ1v) is 7.67. The van der Waals surface area contributed by atoms with Gasteiger partial charge in [-0.25, -0.2) is 9.78 Å². The number of likely N-dealkylation sites (tertiary alicyclic amines) is 1. The van der Waals surface area contributed by atoms with Crippen LogP contribution in [0.2, 0.25) is 0 Å². The summed E-state index contributed by atoms with van der Waals surface area (Å²) in [6.45, 7) is 3.22. The number of piperidine rings is 1. The number of aliphatic hydroxyl groups is 1. The minimum atomic E-state index is -0.403. The number of amides is 2. The molecule has 2 N–H and O–H groups in total. The average Bonchev–Trinajstić information content (AvgIpc) is 3.02. The predicted molar refractivity (Wildman–Crippen MR) is 81.5 cm³/mol. The Labute approximate surface area is 124 Å². The maximum Gasteiger partial charge on any atom is 0.321 e. The first-order chi connectivity index (χ1) is 10.2. The molecule has 1 unspecified atom stereocenters. The molecule has 3 heterocycles. The molecular weight excluding hydrogens is 268 g/mol. The van der Waals surface area contributed by atoms with Gasteiger partial charge in [-0.15, -0.1) is 0 Å². The van der Waals surface area contributed by atoms with Crippen molar-refractivity contribution in [3.63, 3.8) is 0 Å². The molecule has 6 heteroatoms. The maximum absolute atomic E-state index is 12.1. The number of carbonyl (C=O) groups is 1. The van der Waals surface area contributed by atoms with Crippen molar-refractivity contribution in [1.29, 1.82) is 0 Å². The Morgan fingerprint density at radius 1 is 1.24 bits per heavy atom. The van der Waals surface area contributed by atoms with E-state index in [2.05, 4.69) is 15.2 Å². The molecule has 0 bridgehead atoms. The second-order valence-electron chi connectivity index (χ2n) is 5.77. The number of anilines is 2. The number of carbonyl (C=O) groups excluding carboxylic acids is 1. The van der Waals surface area contributed by atoms with Gasteiger partial charge in [-0.2, -0.15) is 0 Å². The highest BCUT2D eigenvalue weighted by Crippen LogP contribution is 2.19. The molecule has 2 amide bonds. The molecule has 0 aliphatic carbocycles. The molecule has 2 fully saturated rings. The summed E-state index contributed by atoms with van der Waals surface area (Å²) in [5, 5.41) is 12.5. The van der Waals surface area contributed by atoms with Crippen molar-refractivity contribution in [3.8, 4) is 0 Å². The van der Waals surface area contributed by atoms with Crippen molar-refractivity contribution in [2.45, 2.75) is 31.8 Å². The van der Waals surface area contributed by atoms with E-state index >= 15 is 0 Å². The summed E-state index contributed by atoms with van der Waals surface area (Å²) < 4.78 is 0. The molecule has 1 atom stereocenters. The smallest absolute Gasteiger partial charge is 0.321 e. The van der Waals surface area contributed by atoms with Crippen molar-refractivity contribution >= 4 is 17.5 Å². The highest BCUT2D eigenvalue weighted by molar-refractivity contribution is 5.89. The largest absolute Gasteiger partial charge is 0.391 e. The van der Waals surface area contributed by atoms with Gasteiger partial charge < -0.3 is 20.2 Å². The van der Waals surface area contributed by atoms with E-state index in [1.54, 1.807) is 11.1 Å². The number of aliphatic hydroxyl groups excluding tert-OH is 1. The van der Waals surface area contributed by atoms with Crippen LogP contribution in [0.15, 0.2) is 18.3 Å². The monoisotopic (exact) mass is 290 g/mol. The SMILES string of the molecule is O=C(Nc1ccc(N2CCCC2)nc1)N1CCCC(O)C1. The Hall–Kier alpha value is -1.82. The lowest BCUT2D eigenvalue weighted by Crippen LogP contribution is -2.44. The normalized spacial score (nSPS) is 22.4. The van der Waals surface area contributed by atoms with Crippen molar-refractivity contribution in [2.75, 3.05) is 36.4 Å². The van der Waals surface area contributed by atoms with Crippen LogP contribution in [0.25, 0.3) is 0 Å². The summed E-state index contributed by atoms with van der Waals surface area (Å²) in [6, 6.07) is 3.68. The lowest BCUT2D eigenvalue weighted by Gasteiger charge is -2.30. The first-order valence-electron chi connectivity index (χ1n) is 7.67. The Morgan fingerprint density at radius 3 is 2.71 bits per heavy atom. The van der Waals surface area contributed by atoms with E-state index < -0.39 is 6.10 Å². The van der Waals surface area contributed by atoms with Gasteiger partial charge >= 0.3 is 6.03 Å². The van der Waals surface area contributed by atoms with E-state index in [4.69, 9.17) is 0 Å². The Bertz CT molecular complexity index is 485. The van der Waals surface area contributed by atoms with Crippen LogP contribution < -0.4 is 10.2 Å². The summed E-state index contributed by atoms with van der Waals surface area (Å²) >= 11 is 0. The second-order valence-corrected chi connectivity index (χ2v) is 5.77. The van der Waals surface area contributed by atoms with Gasteiger partial charge in [-0.05, 0) is 37.8 Å². The number of β-amino-alcohol motifs (C(OH)–C–C–N with tert-alkyl or cyclic N) is 1. The van der Waals surface area contributed by atoms with Gasteiger partial charge in [0.2, 0.25) is 0 Å². The van der Waals surface area contributed by atoms with Crippen LogP contribution in [0, 0.1) is 0 Å². The summed E-state index contributed by atoms with van der Waals surface area (Å²) in [7, 11) is 0. The number of rotatable bonds is 2. The molecule has 2 saturated heterocycles. The third kappa shape index (κ3) is 3.44. The zero-order valence-electron chi connectivity index (χ0n) is 12.2. The molecule has 3 rings (SSSR count). The van der Waals surface area contributed by atoms with Crippen molar-refractivity contribution in [2.24, 2.45) is 0 Å². The maximum atomic E-state index is 12.1. The number of nitrogens with zero attached hydrogens (tertiary/aromatic N) is 3. The van der Waals surface area contributed by atoms with Crippen LogP contribution in [0.3, 0.4) is 0 Å². The minimum absolute atomic E-state index is 0.163. The van der Waals surface area contributed by atoms with Crippen LogP contribution >= 0.6 is 0 Å². The minimum Gasteiger partial charge on any atom is -0.391 e. The van der Waals surface area contributed by atoms with E-state index in [1.807, 2.05) is 12.1 Å². The number of aromatic nitrogens is 1. The van der Waals surface area contributed by atoms with E-state index in [1.165, 1.54) is 12.8 Å². The summed E-state index contributed by atoms with van der Waals surface area (Å²) in [4.78, 5) is 20.4. The average molecular weight is 290 g/mol. The van der Waals surface area contributed by atoms with Gasteiger partial charge in [0.15, 0.2) is 0 Å². The summed E-state index contributed by atoms with van der Waals surface area (Å²) in [6.07, 6.45) is 5.36. The molecule has 114 valence electrons. The molecule has 2 aliphatic rings. The number of urea groups is 1. The second kappa shape index (κ2) is 6.30. The third-order valence-electron chi connectivity index (χ3n) is 4.11. The van der Waals surface area contributed by atoms with Gasteiger partial charge in [0.1, 0.15) is 5.82 Å². The molecule has 0 radical (unpaired) electrons. The number of hydrogen-bond acceptors (Lipinski definition) is 4. The van der Waals surface area contributed by atoms with Crippen molar-refractivity contribution < 1.29 is 9.90 Å². The third-order valence-corrected chi connectivity index (χ3v) is 4.11. The predicted octanol–water partition coefficient (Wildman–Crippen LogP) is 1.67. The fraction of sp³-hybridized carbons (Fsp3) is 0.600. The zero-order chi connectivity index (χ0) is 14.7. The van der Waals surface area contributed by atoms with Crippen molar-refractivity contribution in [1.82, 2.24) is 9.88 Å².